The minimum Gasteiger partial charge on any atom is -0.494 e. The Morgan fingerprint density at radius 2 is 1.75 bits per heavy atom. The van der Waals surface area contributed by atoms with Crippen molar-refractivity contribution in [1.82, 2.24) is 24.1 Å². The van der Waals surface area contributed by atoms with Crippen LogP contribution in [0.2, 0.25) is 10.0 Å². The van der Waals surface area contributed by atoms with Crippen LogP contribution >= 0.6 is 23.2 Å². The Hall–Kier alpha value is -4.80. The van der Waals surface area contributed by atoms with E-state index in [1.807, 2.05) is 76.7 Å². The van der Waals surface area contributed by atoms with Crippen molar-refractivity contribution in [1.29, 1.82) is 0 Å². The topological polar surface area (TPSA) is 107 Å². The lowest BCUT2D eigenvalue weighted by Crippen LogP contribution is -2.42. The van der Waals surface area contributed by atoms with Crippen molar-refractivity contribution in [3.63, 3.8) is 0 Å². The fourth-order valence-corrected chi connectivity index (χ4v) is 8.10. The third-order valence-electron chi connectivity index (χ3n) is 10.1. The predicted molar refractivity (Wildman–Crippen MR) is 202 cm³/mol. The monoisotopic (exact) mass is 726 g/mol. The lowest BCUT2D eigenvalue weighted by Gasteiger charge is -2.34. The Balaban J connectivity index is 1.38. The molecule has 0 fully saturated rings. The molecule has 1 aliphatic rings. The fourth-order valence-electron chi connectivity index (χ4n) is 7.75. The van der Waals surface area contributed by atoms with Crippen LogP contribution in [0.15, 0.2) is 42.5 Å². The van der Waals surface area contributed by atoms with Crippen LogP contribution in [-0.2, 0) is 20.0 Å². The van der Waals surface area contributed by atoms with Gasteiger partial charge in [-0.15, -0.1) is 0 Å². The van der Waals surface area contributed by atoms with E-state index in [1.54, 1.807) is 17.0 Å². The number of carbonyl (C=O) groups is 2. The van der Waals surface area contributed by atoms with E-state index in [9.17, 15) is 14.7 Å². The summed E-state index contributed by atoms with van der Waals surface area (Å²) < 4.78 is 11.7. The normalized spacial score (nSPS) is 14.6. The Morgan fingerprint density at radius 1 is 1.02 bits per heavy atom. The van der Waals surface area contributed by atoms with Crippen molar-refractivity contribution in [2.75, 3.05) is 18.1 Å². The molecule has 1 amide bonds. The van der Waals surface area contributed by atoms with E-state index in [4.69, 9.17) is 33.0 Å². The Kier molecular flexibility index (Phi) is 8.88. The molecule has 12 heteroatoms. The number of anilines is 1. The summed E-state index contributed by atoms with van der Waals surface area (Å²) >= 11 is 13.5. The van der Waals surface area contributed by atoms with Gasteiger partial charge in [-0.1, -0.05) is 41.4 Å². The molecule has 0 radical (unpaired) electrons. The lowest BCUT2D eigenvalue weighted by atomic mass is 9.98. The highest BCUT2D eigenvalue weighted by molar-refractivity contribution is 6.35. The summed E-state index contributed by atoms with van der Waals surface area (Å²) in [5.41, 5.74) is 9.11. The number of benzene rings is 3. The number of hydrogen-bond acceptors (Lipinski definition) is 5. The van der Waals surface area contributed by atoms with E-state index in [1.165, 1.54) is 4.68 Å². The van der Waals surface area contributed by atoms with Crippen molar-refractivity contribution in [2.24, 2.45) is 7.05 Å². The van der Waals surface area contributed by atoms with Gasteiger partial charge in [0.2, 0.25) is 0 Å². The first-order valence-corrected chi connectivity index (χ1v) is 17.9. The zero-order chi connectivity index (χ0) is 36.5. The molecule has 0 saturated carbocycles. The second-order valence-electron chi connectivity index (χ2n) is 13.4. The maximum atomic E-state index is 15.0. The predicted octanol–water partition coefficient (Wildman–Crippen LogP) is 8.88. The number of nitrogens with zero attached hydrogens (tertiary/aromatic N) is 6. The average molecular weight is 728 g/mol. The summed E-state index contributed by atoms with van der Waals surface area (Å²) in [5.74, 6) is -0.485. The van der Waals surface area contributed by atoms with Gasteiger partial charge in [0.1, 0.15) is 17.0 Å². The van der Waals surface area contributed by atoms with Gasteiger partial charge in [-0.05, 0) is 95.3 Å². The van der Waals surface area contributed by atoms with Gasteiger partial charge >= 0.3 is 5.97 Å². The molecular formula is C39H40Cl2N6O4. The first kappa shape index (κ1) is 34.6. The fraction of sp³-hybridized carbons (Fsp3) is 0.333. The number of aromatic carboxylic acids is 1. The molecular weight excluding hydrogens is 687 g/mol. The van der Waals surface area contributed by atoms with Crippen molar-refractivity contribution >= 4 is 62.6 Å². The Labute approximate surface area is 306 Å². The molecule has 1 N–H and O–H groups in total. The van der Waals surface area contributed by atoms with Crippen molar-refractivity contribution in [3.8, 4) is 16.9 Å². The number of ether oxygens (including phenoxy) is 1. The lowest BCUT2D eigenvalue weighted by molar-refractivity contribution is 0.0685. The van der Waals surface area contributed by atoms with Gasteiger partial charge in [0.05, 0.1) is 28.5 Å². The highest BCUT2D eigenvalue weighted by atomic mass is 35.5. The van der Waals surface area contributed by atoms with E-state index in [0.29, 0.717) is 59.8 Å². The SMILES string of the molecule is CCn1nc2c(N3CC(C)n4c(c(CCCOc5cc(C)c(Cl)c(C)c5)c5ccc(Cl)c(-c6c(C)nn(C)c6C)c54)C3=O)cccc2c1C(=O)O. The molecule has 264 valence electrons. The molecule has 1 atom stereocenters. The maximum Gasteiger partial charge on any atom is 0.354 e. The van der Waals surface area contributed by atoms with Crippen LogP contribution in [0.3, 0.4) is 0 Å². The number of carboxylic acids is 1. The van der Waals surface area contributed by atoms with Gasteiger partial charge in [0.25, 0.3) is 5.91 Å². The van der Waals surface area contributed by atoms with Crippen LogP contribution < -0.4 is 9.64 Å². The molecule has 0 bridgehead atoms. The molecule has 51 heavy (non-hydrogen) atoms. The molecule has 7 rings (SSSR count). The number of fused-ring (bicyclic) bond motifs is 4. The smallest absolute Gasteiger partial charge is 0.354 e. The number of aromatic nitrogens is 5. The van der Waals surface area contributed by atoms with E-state index in [0.717, 1.165) is 60.9 Å². The van der Waals surface area contributed by atoms with Crippen LogP contribution in [-0.4, -0.2) is 54.3 Å². The molecule has 3 aromatic carbocycles. The second-order valence-corrected chi connectivity index (χ2v) is 14.2. The summed E-state index contributed by atoms with van der Waals surface area (Å²) in [6, 6.07) is 13.0. The summed E-state index contributed by atoms with van der Waals surface area (Å²) in [5, 5.41) is 22.2. The van der Waals surface area contributed by atoms with E-state index >= 15 is 0 Å². The van der Waals surface area contributed by atoms with Gasteiger partial charge in [0.15, 0.2) is 5.69 Å². The molecule has 0 spiro atoms. The number of rotatable bonds is 9. The summed E-state index contributed by atoms with van der Waals surface area (Å²) in [6.07, 6.45) is 1.22. The molecule has 1 aliphatic heterocycles. The van der Waals surface area contributed by atoms with Crippen LogP contribution in [0.25, 0.3) is 32.9 Å². The van der Waals surface area contributed by atoms with Crippen LogP contribution in [0.1, 0.15) is 75.4 Å². The maximum absolute atomic E-state index is 15.0. The quantitative estimate of drug-likeness (QED) is 0.149. The second kappa shape index (κ2) is 13.1. The standard InChI is InChI=1S/C39H40Cl2N6O4/c1-8-46-37(39(49)50)28-11-9-13-30(34(28)43-46)45-19-22(4)47-35-27(14-15-29(40)32(35)31-23(5)42-44(7)24(31)6)26(36(47)38(45)48)12-10-16-51-25-17-20(2)33(41)21(3)18-25/h9,11,13-15,17-18,22H,8,10,12,16,19H2,1-7H3,(H,49,50). The number of amides is 1. The molecule has 6 aromatic rings. The molecule has 4 heterocycles. The van der Waals surface area contributed by atoms with Gasteiger partial charge < -0.3 is 19.3 Å². The molecule has 1 unspecified atom stereocenters. The van der Waals surface area contributed by atoms with Crippen LogP contribution in [0.5, 0.6) is 5.75 Å². The first-order chi connectivity index (χ1) is 24.3. The molecule has 10 nitrogen and oxygen atoms in total. The number of carboxylic acid groups (broad SMARTS) is 1. The summed E-state index contributed by atoms with van der Waals surface area (Å²) in [7, 11) is 1.92. The third-order valence-corrected chi connectivity index (χ3v) is 11.0. The van der Waals surface area contributed by atoms with Crippen molar-refractivity contribution in [3.05, 3.63) is 92.0 Å². The summed E-state index contributed by atoms with van der Waals surface area (Å²) in [6.45, 7) is 13.1. The highest BCUT2D eigenvalue weighted by Crippen LogP contribution is 2.45. The minimum atomic E-state index is -1.06. The van der Waals surface area contributed by atoms with Gasteiger partial charge in [0, 0.05) is 58.8 Å². The zero-order valence-electron chi connectivity index (χ0n) is 29.8. The van der Waals surface area contributed by atoms with Crippen LogP contribution in [0.4, 0.5) is 5.69 Å². The number of halogens is 2. The first-order valence-electron chi connectivity index (χ1n) is 17.1. The molecule has 0 aliphatic carbocycles. The van der Waals surface area contributed by atoms with E-state index in [2.05, 4.69) is 16.6 Å². The summed E-state index contributed by atoms with van der Waals surface area (Å²) in [4.78, 5) is 29.0. The Morgan fingerprint density at radius 3 is 2.39 bits per heavy atom. The van der Waals surface area contributed by atoms with Gasteiger partial charge in [-0.2, -0.15) is 10.2 Å². The largest absolute Gasteiger partial charge is 0.494 e. The molecule has 3 aromatic heterocycles. The van der Waals surface area contributed by atoms with E-state index < -0.39 is 5.97 Å². The van der Waals surface area contributed by atoms with E-state index in [-0.39, 0.29) is 17.6 Å². The number of carbonyl (C=O) groups excluding carboxylic acids is 1. The minimum absolute atomic E-state index is 0.106. The average Bonchev–Trinajstić information content (AvgIpc) is 3.72. The van der Waals surface area contributed by atoms with Crippen LogP contribution in [0, 0.1) is 27.7 Å². The number of hydrogen-bond donors (Lipinski definition) is 1. The highest BCUT2D eigenvalue weighted by Gasteiger charge is 2.38. The van der Waals surface area contributed by atoms with Gasteiger partial charge in [-0.3, -0.25) is 14.2 Å². The van der Waals surface area contributed by atoms with Crippen molar-refractivity contribution in [2.45, 2.75) is 67.0 Å². The third kappa shape index (κ3) is 5.56. The molecule has 0 saturated heterocycles. The number of aryl methyl sites for hydroxylation is 6. The van der Waals surface area contributed by atoms with Crippen molar-refractivity contribution < 1.29 is 19.4 Å². The zero-order valence-corrected chi connectivity index (χ0v) is 31.3. The van der Waals surface area contributed by atoms with Gasteiger partial charge in [-0.25, -0.2) is 4.79 Å². The Bertz CT molecular complexity index is 2380.